The van der Waals surface area contributed by atoms with Crippen LogP contribution in [-0.4, -0.2) is 105 Å². The van der Waals surface area contributed by atoms with Crippen LogP contribution in [0, 0.1) is 0 Å². The summed E-state index contributed by atoms with van der Waals surface area (Å²) in [5.41, 5.74) is 0.797. The zero-order valence-electron chi connectivity index (χ0n) is 30.5. The number of fused-ring (bicyclic) bond motifs is 2. The number of benzene rings is 4. The molecule has 2 aliphatic heterocycles. The Morgan fingerprint density at radius 2 is 1.69 bits per heavy atom. The third-order valence-electron chi connectivity index (χ3n) is 9.87. The molecule has 10 nitrogen and oxygen atoms in total. The van der Waals surface area contributed by atoms with Crippen molar-refractivity contribution >= 4 is 33.3 Å². The number of nitrogens with one attached hydrogen (secondary N) is 1. The molecule has 1 aromatic heterocycles. The van der Waals surface area contributed by atoms with Crippen molar-refractivity contribution in [2.45, 2.75) is 19.1 Å². The molecule has 2 saturated heterocycles. The van der Waals surface area contributed by atoms with Crippen LogP contribution < -0.4 is 19.5 Å². The standard InChI is InChI=1S/C41H44F3N5O5/c1-47-12-14-49(15-13-47)27-28-21-30(41(42,43)44)24-31(22-28)46-40(50)34-6-3-5-29-23-32(7-8-33(29)34)54-37-9-10-45-36-26-39(38(51-2)25-35(36)37)53-18-4-11-48-16-19-52-20-17-48/h3,5-10,21-26H,4,11-20,27H2,1-2H3,(H,46,50). The Balaban J connectivity index is 1.07. The highest BCUT2D eigenvalue weighted by atomic mass is 19.4. The summed E-state index contributed by atoms with van der Waals surface area (Å²) in [5.74, 6) is 1.74. The molecule has 0 atom stereocenters. The summed E-state index contributed by atoms with van der Waals surface area (Å²) in [5, 5.41) is 4.82. The maximum Gasteiger partial charge on any atom is 0.416 e. The average molecular weight is 744 g/mol. The van der Waals surface area contributed by atoms with E-state index in [1.165, 1.54) is 0 Å². The van der Waals surface area contributed by atoms with Crippen LogP contribution in [0.2, 0.25) is 0 Å². The number of nitrogens with zero attached hydrogens (tertiary/aromatic N) is 4. The fourth-order valence-corrected chi connectivity index (χ4v) is 6.92. The number of halogens is 3. The first-order valence-electron chi connectivity index (χ1n) is 18.2. The summed E-state index contributed by atoms with van der Waals surface area (Å²) in [6.45, 7) is 8.42. The minimum absolute atomic E-state index is 0.0949. The number of hydrogen-bond donors (Lipinski definition) is 1. The van der Waals surface area contributed by atoms with E-state index >= 15 is 0 Å². The van der Waals surface area contributed by atoms with Gasteiger partial charge in [-0.25, -0.2) is 0 Å². The lowest BCUT2D eigenvalue weighted by Gasteiger charge is -2.32. The number of aromatic nitrogens is 1. The normalized spacial score (nSPS) is 16.1. The predicted molar refractivity (Wildman–Crippen MR) is 202 cm³/mol. The average Bonchev–Trinajstić information content (AvgIpc) is 3.17. The second-order valence-electron chi connectivity index (χ2n) is 13.7. The first-order valence-corrected chi connectivity index (χ1v) is 18.2. The molecule has 13 heteroatoms. The molecule has 0 spiro atoms. The van der Waals surface area contributed by atoms with Crippen LogP contribution >= 0.6 is 0 Å². The number of hydrogen-bond acceptors (Lipinski definition) is 9. The van der Waals surface area contributed by atoms with Crippen molar-refractivity contribution in [3.8, 4) is 23.0 Å². The van der Waals surface area contributed by atoms with E-state index in [-0.39, 0.29) is 5.69 Å². The third-order valence-corrected chi connectivity index (χ3v) is 9.87. The zero-order valence-corrected chi connectivity index (χ0v) is 30.5. The molecule has 2 aliphatic rings. The van der Waals surface area contributed by atoms with Gasteiger partial charge in [-0.15, -0.1) is 0 Å². The van der Waals surface area contributed by atoms with E-state index in [0.717, 1.165) is 88.4 Å². The lowest BCUT2D eigenvalue weighted by atomic mass is 10.0. The molecule has 0 aliphatic carbocycles. The number of amides is 1. The smallest absolute Gasteiger partial charge is 0.416 e. The van der Waals surface area contributed by atoms with Crippen molar-refractivity contribution in [3.63, 3.8) is 0 Å². The van der Waals surface area contributed by atoms with E-state index in [4.69, 9.17) is 18.9 Å². The predicted octanol–water partition coefficient (Wildman–Crippen LogP) is 7.31. The topological polar surface area (TPSA) is 88.6 Å². The van der Waals surface area contributed by atoms with Gasteiger partial charge < -0.3 is 29.2 Å². The SMILES string of the molecule is COc1cc2c(Oc3ccc4c(C(=O)Nc5cc(CN6CCN(C)CC6)cc(C(F)(F)F)c5)cccc4c3)ccnc2cc1OCCCN1CCOCC1. The van der Waals surface area contributed by atoms with E-state index in [0.29, 0.717) is 58.2 Å². The quantitative estimate of drug-likeness (QED) is 0.132. The minimum atomic E-state index is -4.56. The summed E-state index contributed by atoms with van der Waals surface area (Å²) in [6.07, 6.45) is -2.02. The summed E-state index contributed by atoms with van der Waals surface area (Å²) in [7, 11) is 3.62. The lowest BCUT2D eigenvalue weighted by Crippen LogP contribution is -2.43. The van der Waals surface area contributed by atoms with Gasteiger partial charge in [0.1, 0.15) is 11.5 Å². The van der Waals surface area contributed by atoms with E-state index < -0.39 is 17.6 Å². The van der Waals surface area contributed by atoms with Gasteiger partial charge in [0.25, 0.3) is 5.91 Å². The number of alkyl halides is 3. The fourth-order valence-electron chi connectivity index (χ4n) is 6.92. The number of carbonyl (C=O) groups is 1. The van der Waals surface area contributed by atoms with Gasteiger partial charge >= 0.3 is 6.18 Å². The van der Waals surface area contributed by atoms with Crippen molar-refractivity contribution in [2.24, 2.45) is 0 Å². The van der Waals surface area contributed by atoms with Gasteiger partial charge in [-0.3, -0.25) is 19.6 Å². The Morgan fingerprint density at radius 3 is 2.46 bits per heavy atom. The summed E-state index contributed by atoms with van der Waals surface area (Å²) >= 11 is 0. The van der Waals surface area contributed by atoms with Crippen molar-refractivity contribution in [3.05, 3.63) is 95.7 Å². The Kier molecular flexibility index (Phi) is 11.5. The number of anilines is 1. The molecular weight excluding hydrogens is 699 g/mol. The molecule has 0 bridgehead atoms. The lowest BCUT2D eigenvalue weighted by molar-refractivity contribution is -0.137. The van der Waals surface area contributed by atoms with Gasteiger partial charge in [-0.2, -0.15) is 13.2 Å². The largest absolute Gasteiger partial charge is 0.493 e. The van der Waals surface area contributed by atoms with Crippen molar-refractivity contribution in [2.75, 3.05) is 85.1 Å². The second-order valence-corrected chi connectivity index (χ2v) is 13.7. The number of rotatable bonds is 12. The second kappa shape index (κ2) is 16.6. The molecule has 54 heavy (non-hydrogen) atoms. The molecule has 0 saturated carbocycles. The fraction of sp³-hybridized carbons (Fsp3) is 0.366. The molecular formula is C41H44F3N5O5. The summed E-state index contributed by atoms with van der Waals surface area (Å²) in [6, 6.07) is 19.8. The molecule has 7 rings (SSSR count). The Morgan fingerprint density at radius 1 is 0.870 bits per heavy atom. The van der Waals surface area contributed by atoms with Crippen molar-refractivity contribution in [1.82, 2.24) is 19.7 Å². The highest BCUT2D eigenvalue weighted by Gasteiger charge is 2.32. The minimum Gasteiger partial charge on any atom is -0.493 e. The highest BCUT2D eigenvalue weighted by molar-refractivity contribution is 6.13. The monoisotopic (exact) mass is 743 g/mol. The summed E-state index contributed by atoms with van der Waals surface area (Å²) < 4.78 is 65.4. The van der Waals surface area contributed by atoms with Crippen LogP contribution in [0.3, 0.4) is 0 Å². The Labute approximate surface area is 312 Å². The van der Waals surface area contributed by atoms with Gasteiger partial charge in [-0.05, 0) is 84.4 Å². The first-order chi connectivity index (χ1) is 26.1. The molecule has 5 aromatic rings. The van der Waals surface area contributed by atoms with Crippen LogP contribution in [-0.2, 0) is 17.5 Å². The molecule has 1 N–H and O–H groups in total. The van der Waals surface area contributed by atoms with E-state index in [9.17, 15) is 18.0 Å². The van der Waals surface area contributed by atoms with Gasteiger partial charge in [0, 0.05) is 81.3 Å². The van der Waals surface area contributed by atoms with Crippen LogP contribution in [0.25, 0.3) is 21.7 Å². The molecule has 3 heterocycles. The number of methoxy groups -OCH3 is 1. The van der Waals surface area contributed by atoms with E-state index in [1.54, 1.807) is 49.7 Å². The van der Waals surface area contributed by atoms with Gasteiger partial charge in [0.05, 0.1) is 38.0 Å². The van der Waals surface area contributed by atoms with Crippen LogP contribution in [0.15, 0.2) is 79.0 Å². The van der Waals surface area contributed by atoms with Crippen molar-refractivity contribution < 1.29 is 36.9 Å². The number of likely N-dealkylation sites (N-methyl/N-ethyl adjacent to an activating group) is 1. The van der Waals surface area contributed by atoms with Crippen LogP contribution in [0.4, 0.5) is 18.9 Å². The zero-order chi connectivity index (χ0) is 37.7. The van der Waals surface area contributed by atoms with Gasteiger partial charge in [0.2, 0.25) is 0 Å². The molecule has 4 aromatic carbocycles. The maximum absolute atomic E-state index is 13.9. The molecule has 0 radical (unpaired) electrons. The first kappa shape index (κ1) is 37.4. The summed E-state index contributed by atoms with van der Waals surface area (Å²) in [4.78, 5) is 24.8. The highest BCUT2D eigenvalue weighted by Crippen LogP contribution is 2.38. The van der Waals surface area contributed by atoms with E-state index in [2.05, 4.69) is 25.0 Å². The van der Waals surface area contributed by atoms with Crippen molar-refractivity contribution in [1.29, 1.82) is 0 Å². The molecule has 1 amide bonds. The third kappa shape index (κ3) is 9.04. The van der Waals surface area contributed by atoms with Crippen LogP contribution in [0.5, 0.6) is 23.0 Å². The molecule has 0 unspecified atom stereocenters. The maximum atomic E-state index is 13.9. The number of ether oxygens (including phenoxy) is 4. The van der Waals surface area contributed by atoms with E-state index in [1.807, 2.05) is 31.3 Å². The molecule has 2 fully saturated rings. The molecule has 284 valence electrons. The van der Waals surface area contributed by atoms with Gasteiger partial charge in [-0.1, -0.05) is 12.1 Å². The Hall–Kier alpha value is -4.95. The van der Waals surface area contributed by atoms with Gasteiger partial charge in [0.15, 0.2) is 11.5 Å². The number of carbonyl (C=O) groups excluding carboxylic acids is 1. The number of morpholine rings is 1. The Bertz CT molecular complexity index is 2100. The van der Waals surface area contributed by atoms with Crippen LogP contribution in [0.1, 0.15) is 27.9 Å². The number of piperazine rings is 1. The number of pyridine rings is 1.